The molecule has 2 aromatic carbocycles. The average molecular weight is 375 g/mol. The quantitative estimate of drug-likeness (QED) is 0.450. The van der Waals surface area contributed by atoms with Crippen LogP contribution in [0.2, 0.25) is 5.02 Å². The summed E-state index contributed by atoms with van der Waals surface area (Å²) in [6.07, 6.45) is 0. The maximum absolute atomic E-state index is 12.2. The molecule has 0 bridgehead atoms. The van der Waals surface area contributed by atoms with Crippen molar-refractivity contribution in [1.82, 2.24) is 0 Å². The predicted molar refractivity (Wildman–Crippen MR) is 99.1 cm³/mol. The zero-order chi connectivity index (χ0) is 17.8. The molecule has 0 N–H and O–H groups in total. The van der Waals surface area contributed by atoms with Crippen LogP contribution in [0.5, 0.6) is 5.75 Å². The van der Waals surface area contributed by atoms with Crippen molar-refractivity contribution in [1.29, 1.82) is 0 Å². The summed E-state index contributed by atoms with van der Waals surface area (Å²) >= 11 is 7.49. The molecule has 0 amide bonds. The van der Waals surface area contributed by atoms with Crippen LogP contribution in [0.25, 0.3) is 10.1 Å². The van der Waals surface area contributed by atoms with Gasteiger partial charge in [0.15, 0.2) is 12.4 Å². The smallest absolute Gasteiger partial charge is 0.350 e. The third-order valence-electron chi connectivity index (χ3n) is 3.54. The lowest BCUT2D eigenvalue weighted by Crippen LogP contribution is -2.13. The molecule has 1 aromatic heterocycles. The number of ketones is 1. The van der Waals surface area contributed by atoms with Crippen LogP contribution in [0.1, 0.15) is 27.0 Å². The molecule has 0 aliphatic rings. The molecule has 3 aromatic rings. The Morgan fingerprint density at radius 1 is 1.08 bits per heavy atom. The van der Waals surface area contributed by atoms with E-state index in [1.807, 2.05) is 31.2 Å². The number of halogens is 1. The second-order valence-corrected chi connectivity index (χ2v) is 6.63. The number of esters is 1. The van der Waals surface area contributed by atoms with E-state index in [1.54, 1.807) is 24.3 Å². The molecule has 0 atom stereocenters. The van der Waals surface area contributed by atoms with E-state index in [4.69, 9.17) is 21.1 Å². The summed E-state index contributed by atoms with van der Waals surface area (Å²) in [6.45, 7) is 2.11. The van der Waals surface area contributed by atoms with E-state index in [2.05, 4.69) is 0 Å². The van der Waals surface area contributed by atoms with Crippen molar-refractivity contribution < 1.29 is 19.1 Å². The Hall–Kier alpha value is -2.37. The molecule has 0 radical (unpaired) electrons. The van der Waals surface area contributed by atoms with Gasteiger partial charge in [0, 0.05) is 15.6 Å². The number of benzene rings is 2. The van der Waals surface area contributed by atoms with Gasteiger partial charge in [0.2, 0.25) is 0 Å². The van der Waals surface area contributed by atoms with Crippen molar-refractivity contribution in [3.8, 4) is 5.75 Å². The number of thiophene rings is 1. The lowest BCUT2D eigenvalue weighted by molar-refractivity contribution is 0.0480. The molecular formula is C19H15ClO4S. The summed E-state index contributed by atoms with van der Waals surface area (Å²) < 4.78 is 11.4. The van der Waals surface area contributed by atoms with Crippen molar-refractivity contribution in [2.24, 2.45) is 0 Å². The molecule has 0 aliphatic carbocycles. The predicted octanol–water partition coefficient (Wildman–Crippen LogP) is 4.99. The number of ether oxygens (including phenoxy) is 2. The van der Waals surface area contributed by atoms with Crippen LogP contribution < -0.4 is 4.74 Å². The molecule has 0 saturated heterocycles. The van der Waals surface area contributed by atoms with Crippen LogP contribution in [0.15, 0.2) is 48.5 Å². The molecule has 0 saturated carbocycles. The Bertz CT molecular complexity index is 915. The first-order chi connectivity index (χ1) is 12.1. The van der Waals surface area contributed by atoms with E-state index < -0.39 is 5.97 Å². The van der Waals surface area contributed by atoms with E-state index >= 15 is 0 Å². The average Bonchev–Trinajstić information content (AvgIpc) is 2.97. The van der Waals surface area contributed by atoms with Gasteiger partial charge in [-0.15, -0.1) is 11.3 Å². The van der Waals surface area contributed by atoms with Crippen LogP contribution in [-0.4, -0.2) is 25.0 Å². The van der Waals surface area contributed by atoms with Crippen LogP contribution >= 0.6 is 22.9 Å². The largest absolute Gasteiger partial charge is 0.494 e. The van der Waals surface area contributed by atoms with E-state index in [9.17, 15) is 9.59 Å². The lowest BCUT2D eigenvalue weighted by atomic mass is 10.1. The molecule has 4 nitrogen and oxygen atoms in total. The molecule has 128 valence electrons. The first kappa shape index (κ1) is 17.5. The van der Waals surface area contributed by atoms with E-state index in [0.29, 0.717) is 27.8 Å². The third-order valence-corrected chi connectivity index (χ3v) is 5.20. The maximum atomic E-state index is 12.2. The first-order valence-electron chi connectivity index (χ1n) is 7.70. The molecule has 0 unspecified atom stereocenters. The third kappa shape index (κ3) is 3.83. The van der Waals surface area contributed by atoms with Gasteiger partial charge in [-0.05, 0) is 37.3 Å². The van der Waals surface area contributed by atoms with Gasteiger partial charge in [0.25, 0.3) is 0 Å². The monoisotopic (exact) mass is 374 g/mol. The Labute approximate surface area is 153 Å². The SMILES string of the molecule is CCOc1ccc(C(=O)COC(=O)c2sc3ccccc3c2Cl)cc1. The summed E-state index contributed by atoms with van der Waals surface area (Å²) in [5.74, 6) is -0.188. The maximum Gasteiger partial charge on any atom is 0.350 e. The minimum atomic E-state index is -0.592. The Morgan fingerprint density at radius 3 is 2.48 bits per heavy atom. The number of hydrogen-bond donors (Lipinski definition) is 0. The summed E-state index contributed by atoms with van der Waals surface area (Å²) in [4.78, 5) is 24.7. The van der Waals surface area contributed by atoms with Gasteiger partial charge >= 0.3 is 5.97 Å². The van der Waals surface area contributed by atoms with E-state index in [1.165, 1.54) is 11.3 Å². The molecule has 1 heterocycles. The second-order valence-electron chi connectivity index (χ2n) is 5.20. The van der Waals surface area contributed by atoms with Gasteiger partial charge in [-0.25, -0.2) is 4.79 Å². The zero-order valence-electron chi connectivity index (χ0n) is 13.5. The summed E-state index contributed by atoms with van der Waals surface area (Å²) in [7, 11) is 0. The number of carbonyl (C=O) groups excluding carboxylic acids is 2. The lowest BCUT2D eigenvalue weighted by Gasteiger charge is -2.05. The Morgan fingerprint density at radius 2 is 1.80 bits per heavy atom. The normalized spacial score (nSPS) is 10.6. The second kappa shape index (κ2) is 7.68. The van der Waals surface area contributed by atoms with Gasteiger partial charge in [-0.3, -0.25) is 4.79 Å². The molecular weight excluding hydrogens is 360 g/mol. The molecule has 6 heteroatoms. The Kier molecular flexibility index (Phi) is 5.36. The minimum Gasteiger partial charge on any atom is -0.494 e. The highest BCUT2D eigenvalue weighted by atomic mass is 35.5. The number of hydrogen-bond acceptors (Lipinski definition) is 5. The highest BCUT2D eigenvalue weighted by Gasteiger charge is 2.19. The highest BCUT2D eigenvalue weighted by molar-refractivity contribution is 7.21. The summed E-state index contributed by atoms with van der Waals surface area (Å²) in [5, 5.41) is 1.16. The van der Waals surface area contributed by atoms with Crippen molar-refractivity contribution >= 4 is 44.8 Å². The number of fused-ring (bicyclic) bond motifs is 1. The van der Waals surface area contributed by atoms with E-state index in [-0.39, 0.29) is 12.4 Å². The van der Waals surface area contributed by atoms with Crippen LogP contribution in [0, 0.1) is 0 Å². The minimum absolute atomic E-state index is 0.284. The van der Waals surface area contributed by atoms with Gasteiger partial charge in [-0.1, -0.05) is 29.8 Å². The molecule has 25 heavy (non-hydrogen) atoms. The summed E-state index contributed by atoms with van der Waals surface area (Å²) in [6, 6.07) is 14.2. The van der Waals surface area contributed by atoms with Gasteiger partial charge in [0.05, 0.1) is 11.6 Å². The van der Waals surface area contributed by atoms with Crippen molar-refractivity contribution in [3.05, 3.63) is 64.0 Å². The number of rotatable bonds is 6. The highest BCUT2D eigenvalue weighted by Crippen LogP contribution is 2.35. The van der Waals surface area contributed by atoms with Gasteiger partial charge < -0.3 is 9.47 Å². The topological polar surface area (TPSA) is 52.6 Å². The fourth-order valence-corrected chi connectivity index (χ4v) is 3.73. The molecule has 0 fully saturated rings. The van der Waals surface area contributed by atoms with Crippen molar-refractivity contribution in [3.63, 3.8) is 0 Å². The standard InChI is InChI=1S/C19H15ClO4S/c1-2-23-13-9-7-12(8-10-13)15(21)11-24-19(22)18-17(20)14-5-3-4-6-16(14)25-18/h3-10H,2,11H2,1H3. The number of carbonyl (C=O) groups is 2. The molecule has 3 rings (SSSR count). The molecule has 0 aliphatic heterocycles. The fourth-order valence-electron chi connectivity index (χ4n) is 2.33. The Balaban J connectivity index is 1.66. The van der Waals surface area contributed by atoms with Gasteiger partial charge in [0.1, 0.15) is 10.6 Å². The van der Waals surface area contributed by atoms with Crippen LogP contribution in [0.3, 0.4) is 0 Å². The van der Waals surface area contributed by atoms with Crippen molar-refractivity contribution in [2.75, 3.05) is 13.2 Å². The van der Waals surface area contributed by atoms with Gasteiger partial charge in [-0.2, -0.15) is 0 Å². The van der Waals surface area contributed by atoms with Crippen LogP contribution in [-0.2, 0) is 4.74 Å². The van der Waals surface area contributed by atoms with Crippen LogP contribution in [0.4, 0.5) is 0 Å². The summed E-state index contributed by atoms with van der Waals surface area (Å²) in [5.41, 5.74) is 0.457. The molecule has 0 spiro atoms. The fraction of sp³-hybridized carbons (Fsp3) is 0.158. The van der Waals surface area contributed by atoms with E-state index in [0.717, 1.165) is 10.1 Å². The van der Waals surface area contributed by atoms with Crippen molar-refractivity contribution in [2.45, 2.75) is 6.92 Å². The number of Topliss-reactive ketones (excluding diaryl/α,β-unsaturated/α-hetero) is 1. The zero-order valence-corrected chi connectivity index (χ0v) is 15.0. The first-order valence-corrected chi connectivity index (χ1v) is 8.89.